The second-order valence-corrected chi connectivity index (χ2v) is 4.42. The summed E-state index contributed by atoms with van der Waals surface area (Å²) < 4.78 is 32.3. The van der Waals surface area contributed by atoms with Crippen LogP contribution in [0.25, 0.3) is 0 Å². The van der Waals surface area contributed by atoms with E-state index < -0.39 is 34.0 Å². The van der Waals surface area contributed by atoms with Gasteiger partial charge in [0.05, 0.1) is 4.92 Å². The van der Waals surface area contributed by atoms with E-state index in [0.717, 1.165) is 24.3 Å². The summed E-state index contributed by atoms with van der Waals surface area (Å²) >= 11 is 0. The number of nitro benzene ring substituents is 1. The van der Waals surface area contributed by atoms with Crippen molar-refractivity contribution in [3.63, 3.8) is 0 Å². The van der Waals surface area contributed by atoms with Crippen LogP contribution in [-0.4, -0.2) is 4.92 Å². The van der Waals surface area contributed by atoms with Crippen molar-refractivity contribution >= 4 is 5.69 Å². The molecule has 0 heterocycles. The molecular formula is C14H12F2N2O3. The van der Waals surface area contributed by atoms with Crippen LogP contribution in [0.15, 0.2) is 36.4 Å². The number of nitro groups is 1. The summed E-state index contributed by atoms with van der Waals surface area (Å²) in [5, 5.41) is 10.9. The van der Waals surface area contributed by atoms with Crippen LogP contribution >= 0.6 is 0 Å². The van der Waals surface area contributed by atoms with Crippen molar-refractivity contribution in [1.82, 2.24) is 0 Å². The fourth-order valence-electron chi connectivity index (χ4n) is 1.82. The van der Waals surface area contributed by atoms with Gasteiger partial charge >= 0.3 is 5.69 Å². The average Bonchev–Trinajstić information content (AvgIpc) is 2.42. The van der Waals surface area contributed by atoms with E-state index in [2.05, 4.69) is 0 Å². The van der Waals surface area contributed by atoms with E-state index in [1.807, 2.05) is 0 Å². The van der Waals surface area contributed by atoms with Crippen LogP contribution in [0.1, 0.15) is 18.5 Å². The van der Waals surface area contributed by atoms with Gasteiger partial charge in [-0.2, -0.15) is 0 Å². The highest BCUT2D eigenvalue weighted by molar-refractivity contribution is 5.50. The predicted molar refractivity (Wildman–Crippen MR) is 72.1 cm³/mol. The van der Waals surface area contributed by atoms with Crippen LogP contribution in [0.5, 0.6) is 11.5 Å². The molecule has 21 heavy (non-hydrogen) atoms. The SMILES string of the molecule is C[C@H](N)c1cc(F)ccc1Oc1c(F)cccc1[N+](=O)[O-]. The van der Waals surface area contributed by atoms with Gasteiger partial charge in [-0.05, 0) is 31.2 Å². The average molecular weight is 294 g/mol. The van der Waals surface area contributed by atoms with E-state index in [4.69, 9.17) is 10.5 Å². The minimum absolute atomic E-state index is 0.0691. The lowest BCUT2D eigenvalue weighted by molar-refractivity contribution is -0.385. The molecule has 5 nitrogen and oxygen atoms in total. The monoisotopic (exact) mass is 294 g/mol. The van der Waals surface area contributed by atoms with E-state index >= 15 is 0 Å². The zero-order chi connectivity index (χ0) is 15.6. The summed E-state index contributed by atoms with van der Waals surface area (Å²) in [4.78, 5) is 10.2. The van der Waals surface area contributed by atoms with Gasteiger partial charge in [-0.15, -0.1) is 0 Å². The Bertz CT molecular complexity index is 690. The number of hydrogen-bond donors (Lipinski definition) is 1. The maximum atomic E-state index is 13.8. The van der Waals surface area contributed by atoms with Crippen molar-refractivity contribution in [2.24, 2.45) is 5.73 Å². The normalized spacial score (nSPS) is 12.0. The molecule has 1 atom stereocenters. The summed E-state index contributed by atoms with van der Waals surface area (Å²) in [5.41, 5.74) is 5.46. The second kappa shape index (κ2) is 5.84. The fourth-order valence-corrected chi connectivity index (χ4v) is 1.82. The molecular weight excluding hydrogens is 282 g/mol. The van der Waals surface area contributed by atoms with Crippen molar-refractivity contribution in [1.29, 1.82) is 0 Å². The molecule has 0 unspecified atom stereocenters. The van der Waals surface area contributed by atoms with E-state index in [9.17, 15) is 18.9 Å². The largest absolute Gasteiger partial charge is 0.447 e. The minimum Gasteiger partial charge on any atom is -0.447 e. The summed E-state index contributed by atoms with van der Waals surface area (Å²) in [6, 6.07) is 6.29. The molecule has 0 aliphatic carbocycles. The molecule has 2 aromatic carbocycles. The maximum Gasteiger partial charge on any atom is 0.314 e. The Morgan fingerprint density at radius 3 is 2.62 bits per heavy atom. The van der Waals surface area contributed by atoms with Crippen LogP contribution in [0.2, 0.25) is 0 Å². The van der Waals surface area contributed by atoms with Gasteiger partial charge in [0.25, 0.3) is 0 Å². The highest BCUT2D eigenvalue weighted by Crippen LogP contribution is 2.36. The van der Waals surface area contributed by atoms with Gasteiger partial charge in [0.1, 0.15) is 11.6 Å². The van der Waals surface area contributed by atoms with E-state index in [0.29, 0.717) is 0 Å². The Balaban J connectivity index is 2.51. The molecule has 0 saturated carbocycles. The Labute approximate surface area is 119 Å². The molecule has 7 heteroatoms. The number of benzene rings is 2. The standard InChI is InChI=1S/C14H12F2N2O3/c1-8(17)10-7-9(15)5-6-13(10)21-14-11(16)3-2-4-12(14)18(19)20/h2-8H,17H2,1H3/t8-/m0/s1. The molecule has 2 rings (SSSR count). The molecule has 0 amide bonds. The summed E-state index contributed by atoms with van der Waals surface area (Å²) in [5.74, 6) is -1.88. The molecule has 0 fully saturated rings. The lowest BCUT2D eigenvalue weighted by atomic mass is 10.1. The molecule has 110 valence electrons. The van der Waals surface area contributed by atoms with Crippen molar-refractivity contribution in [2.45, 2.75) is 13.0 Å². The van der Waals surface area contributed by atoms with Gasteiger partial charge in [0, 0.05) is 17.7 Å². The number of nitrogens with two attached hydrogens (primary N) is 1. The first-order chi connectivity index (χ1) is 9.90. The molecule has 0 spiro atoms. The molecule has 2 aromatic rings. The maximum absolute atomic E-state index is 13.8. The fraction of sp³-hybridized carbons (Fsp3) is 0.143. The van der Waals surface area contributed by atoms with Crippen LogP contribution in [0, 0.1) is 21.7 Å². The second-order valence-electron chi connectivity index (χ2n) is 4.42. The smallest absolute Gasteiger partial charge is 0.314 e. The van der Waals surface area contributed by atoms with Gasteiger partial charge in [0.2, 0.25) is 5.75 Å². The van der Waals surface area contributed by atoms with Gasteiger partial charge in [0.15, 0.2) is 5.82 Å². The minimum atomic E-state index is -0.885. The van der Waals surface area contributed by atoms with E-state index in [-0.39, 0.29) is 11.3 Å². The Hall–Kier alpha value is -2.54. The number of ether oxygens (including phenoxy) is 1. The van der Waals surface area contributed by atoms with Crippen molar-refractivity contribution < 1.29 is 18.4 Å². The van der Waals surface area contributed by atoms with Crippen molar-refractivity contribution in [3.05, 3.63) is 63.7 Å². The van der Waals surface area contributed by atoms with E-state index in [1.54, 1.807) is 6.92 Å². The van der Waals surface area contributed by atoms with Crippen LogP contribution in [-0.2, 0) is 0 Å². The Kier molecular flexibility index (Phi) is 4.13. The Morgan fingerprint density at radius 2 is 2.00 bits per heavy atom. The Morgan fingerprint density at radius 1 is 1.29 bits per heavy atom. The third-order valence-corrected chi connectivity index (χ3v) is 2.82. The molecule has 2 N–H and O–H groups in total. The summed E-state index contributed by atoms with van der Waals surface area (Å²) in [6.45, 7) is 1.59. The van der Waals surface area contributed by atoms with Gasteiger partial charge in [-0.1, -0.05) is 6.07 Å². The first-order valence-electron chi connectivity index (χ1n) is 6.06. The van der Waals surface area contributed by atoms with Crippen LogP contribution < -0.4 is 10.5 Å². The highest BCUT2D eigenvalue weighted by Gasteiger charge is 2.22. The first-order valence-corrected chi connectivity index (χ1v) is 6.06. The predicted octanol–water partition coefficient (Wildman–Crippen LogP) is 3.69. The van der Waals surface area contributed by atoms with Crippen LogP contribution in [0.4, 0.5) is 14.5 Å². The number of hydrogen-bond acceptors (Lipinski definition) is 4. The number of para-hydroxylation sites is 1. The number of halogens is 2. The van der Waals surface area contributed by atoms with Gasteiger partial charge < -0.3 is 10.5 Å². The third kappa shape index (κ3) is 3.14. The van der Waals surface area contributed by atoms with Crippen molar-refractivity contribution in [2.75, 3.05) is 0 Å². The summed E-state index contributed by atoms with van der Waals surface area (Å²) in [7, 11) is 0. The topological polar surface area (TPSA) is 78.4 Å². The first kappa shape index (κ1) is 14.9. The number of rotatable bonds is 4. The lowest BCUT2D eigenvalue weighted by Crippen LogP contribution is -2.08. The molecule has 0 radical (unpaired) electrons. The van der Waals surface area contributed by atoms with Crippen LogP contribution in [0.3, 0.4) is 0 Å². The molecule has 0 aliphatic rings. The van der Waals surface area contributed by atoms with Gasteiger partial charge in [-0.3, -0.25) is 10.1 Å². The zero-order valence-electron chi connectivity index (χ0n) is 11.0. The lowest BCUT2D eigenvalue weighted by Gasteiger charge is -2.14. The van der Waals surface area contributed by atoms with Gasteiger partial charge in [-0.25, -0.2) is 8.78 Å². The quantitative estimate of drug-likeness (QED) is 0.689. The highest BCUT2D eigenvalue weighted by atomic mass is 19.1. The van der Waals surface area contributed by atoms with Crippen molar-refractivity contribution in [3.8, 4) is 11.5 Å². The number of nitrogens with zero attached hydrogens (tertiary/aromatic N) is 1. The molecule has 0 aromatic heterocycles. The zero-order valence-corrected chi connectivity index (χ0v) is 11.0. The van der Waals surface area contributed by atoms with E-state index in [1.165, 1.54) is 12.1 Å². The molecule has 0 saturated heterocycles. The third-order valence-electron chi connectivity index (χ3n) is 2.82. The summed E-state index contributed by atoms with van der Waals surface area (Å²) in [6.07, 6.45) is 0. The molecule has 0 bridgehead atoms. The molecule has 0 aliphatic heterocycles.